The van der Waals surface area contributed by atoms with E-state index < -0.39 is 27.8 Å². The van der Waals surface area contributed by atoms with E-state index in [0.29, 0.717) is 51.3 Å². The maximum absolute atomic E-state index is 13.0. The second kappa shape index (κ2) is 9.13. The van der Waals surface area contributed by atoms with Crippen molar-refractivity contribution in [3.8, 4) is 0 Å². The van der Waals surface area contributed by atoms with Gasteiger partial charge in [-0.05, 0) is 58.9 Å². The van der Waals surface area contributed by atoms with Gasteiger partial charge in [0.15, 0.2) is 0 Å². The number of benzene rings is 1. The van der Waals surface area contributed by atoms with Crippen molar-refractivity contribution >= 4 is 27.7 Å². The molecule has 1 N–H and O–H groups in total. The van der Waals surface area contributed by atoms with Crippen LogP contribution in [-0.4, -0.2) is 85.9 Å². The average Bonchev–Trinajstić information content (AvgIpc) is 3.17. The third-order valence-electron chi connectivity index (χ3n) is 5.39. The van der Waals surface area contributed by atoms with Crippen LogP contribution in [0.1, 0.15) is 33.6 Å². The van der Waals surface area contributed by atoms with E-state index >= 15 is 0 Å². The van der Waals surface area contributed by atoms with Crippen LogP contribution in [0, 0.1) is 0 Å². The van der Waals surface area contributed by atoms with Crippen molar-refractivity contribution in [2.75, 3.05) is 45.1 Å². The zero-order valence-corrected chi connectivity index (χ0v) is 19.4. The van der Waals surface area contributed by atoms with Crippen LogP contribution < -0.4 is 5.32 Å². The Morgan fingerprint density at radius 2 is 1.77 bits per heavy atom. The minimum Gasteiger partial charge on any atom is -0.444 e. The van der Waals surface area contributed by atoms with E-state index in [-0.39, 0.29) is 10.8 Å². The Bertz CT molecular complexity index is 920. The summed E-state index contributed by atoms with van der Waals surface area (Å²) in [5.41, 5.74) is -0.261. The Hall–Kier alpha value is -2.17. The minimum absolute atomic E-state index is 0.144. The SMILES string of the molecule is CN1CCN(S(=O)(=O)c2cccc(NC(=O)C3CCCN3C(=O)OC(C)(C)C)c2)CC1. The van der Waals surface area contributed by atoms with Crippen molar-refractivity contribution in [1.29, 1.82) is 0 Å². The predicted molar refractivity (Wildman–Crippen MR) is 117 cm³/mol. The largest absolute Gasteiger partial charge is 0.444 e. The Kier molecular flexibility index (Phi) is 6.92. The van der Waals surface area contributed by atoms with Gasteiger partial charge in [0.1, 0.15) is 11.6 Å². The third kappa shape index (κ3) is 5.75. The Labute approximate surface area is 184 Å². The molecule has 3 rings (SSSR count). The summed E-state index contributed by atoms with van der Waals surface area (Å²) in [5.74, 6) is -0.350. The van der Waals surface area contributed by atoms with Gasteiger partial charge in [0.25, 0.3) is 0 Å². The summed E-state index contributed by atoms with van der Waals surface area (Å²) >= 11 is 0. The zero-order chi connectivity index (χ0) is 22.8. The van der Waals surface area contributed by atoms with E-state index in [1.54, 1.807) is 32.9 Å². The second-order valence-corrected chi connectivity index (χ2v) is 11.0. The fourth-order valence-electron chi connectivity index (χ4n) is 3.72. The van der Waals surface area contributed by atoms with Gasteiger partial charge in [-0.2, -0.15) is 4.31 Å². The molecule has 1 aromatic rings. The van der Waals surface area contributed by atoms with E-state index in [4.69, 9.17) is 4.74 Å². The number of hydrogen-bond donors (Lipinski definition) is 1. The number of carbonyl (C=O) groups excluding carboxylic acids is 2. The number of nitrogens with one attached hydrogen (secondary N) is 1. The van der Waals surface area contributed by atoms with Crippen molar-refractivity contribution in [3.63, 3.8) is 0 Å². The normalized spacial score (nSPS) is 21.2. The summed E-state index contributed by atoms with van der Waals surface area (Å²) in [4.78, 5) is 29.0. The van der Waals surface area contributed by atoms with Crippen LogP contribution in [0.3, 0.4) is 0 Å². The van der Waals surface area contributed by atoms with Crippen LogP contribution >= 0.6 is 0 Å². The number of nitrogens with zero attached hydrogens (tertiary/aromatic N) is 3. The van der Waals surface area contributed by atoms with Crippen molar-refractivity contribution in [2.45, 2.75) is 50.2 Å². The lowest BCUT2D eigenvalue weighted by atomic mass is 10.2. The molecule has 2 heterocycles. The van der Waals surface area contributed by atoms with Crippen molar-refractivity contribution in [1.82, 2.24) is 14.1 Å². The first kappa shape index (κ1) is 23.5. The number of carbonyl (C=O) groups is 2. The van der Waals surface area contributed by atoms with Gasteiger partial charge in [0.2, 0.25) is 15.9 Å². The van der Waals surface area contributed by atoms with Crippen molar-refractivity contribution in [3.05, 3.63) is 24.3 Å². The molecule has 0 aromatic heterocycles. The first-order valence-electron chi connectivity index (χ1n) is 10.6. The number of hydrogen-bond acceptors (Lipinski definition) is 6. The molecule has 2 saturated heterocycles. The topological polar surface area (TPSA) is 99.3 Å². The molecule has 0 bridgehead atoms. The van der Waals surface area contributed by atoms with Crippen LogP contribution in [0.5, 0.6) is 0 Å². The summed E-state index contributed by atoms with van der Waals surface area (Å²) < 4.78 is 32.9. The summed E-state index contributed by atoms with van der Waals surface area (Å²) in [7, 11) is -1.67. The molecular formula is C21H32N4O5S. The summed E-state index contributed by atoms with van der Waals surface area (Å²) in [6.45, 7) is 8.01. The Morgan fingerprint density at radius 3 is 2.42 bits per heavy atom. The van der Waals surface area contributed by atoms with Gasteiger partial charge in [-0.25, -0.2) is 13.2 Å². The highest BCUT2D eigenvalue weighted by Gasteiger charge is 2.37. The van der Waals surface area contributed by atoms with E-state index in [1.165, 1.54) is 21.3 Å². The molecule has 0 spiro atoms. The maximum Gasteiger partial charge on any atom is 0.410 e. The molecule has 10 heteroatoms. The molecule has 0 saturated carbocycles. The van der Waals surface area contributed by atoms with E-state index in [1.807, 2.05) is 7.05 Å². The fourth-order valence-corrected chi connectivity index (χ4v) is 5.18. The number of piperazine rings is 1. The lowest BCUT2D eigenvalue weighted by Crippen LogP contribution is -2.47. The summed E-state index contributed by atoms with van der Waals surface area (Å²) in [5, 5.41) is 2.77. The molecule has 2 aliphatic heterocycles. The van der Waals surface area contributed by atoms with Crippen LogP contribution in [0.2, 0.25) is 0 Å². The quantitative estimate of drug-likeness (QED) is 0.750. The van der Waals surface area contributed by atoms with Gasteiger partial charge < -0.3 is 15.0 Å². The highest BCUT2D eigenvalue weighted by Crippen LogP contribution is 2.24. The molecule has 2 aliphatic rings. The van der Waals surface area contributed by atoms with Crippen LogP contribution in [0.15, 0.2) is 29.2 Å². The molecule has 2 fully saturated rings. The van der Waals surface area contributed by atoms with Gasteiger partial charge >= 0.3 is 6.09 Å². The number of likely N-dealkylation sites (N-methyl/N-ethyl adjacent to an activating group) is 1. The molecule has 0 radical (unpaired) electrons. The molecular weight excluding hydrogens is 420 g/mol. The van der Waals surface area contributed by atoms with Gasteiger partial charge in [-0.1, -0.05) is 6.07 Å². The fraction of sp³-hybridized carbons (Fsp3) is 0.619. The van der Waals surface area contributed by atoms with Crippen LogP contribution in [0.25, 0.3) is 0 Å². The van der Waals surface area contributed by atoms with Gasteiger partial charge in [-0.3, -0.25) is 9.69 Å². The molecule has 0 aliphatic carbocycles. The third-order valence-corrected chi connectivity index (χ3v) is 7.28. The van der Waals surface area contributed by atoms with Crippen LogP contribution in [-0.2, 0) is 19.6 Å². The molecule has 1 aromatic carbocycles. The summed E-state index contributed by atoms with van der Waals surface area (Å²) in [6, 6.07) is 5.62. The average molecular weight is 453 g/mol. The molecule has 31 heavy (non-hydrogen) atoms. The lowest BCUT2D eigenvalue weighted by molar-refractivity contribution is -0.120. The number of likely N-dealkylation sites (tertiary alicyclic amines) is 1. The number of rotatable bonds is 4. The first-order valence-corrected chi connectivity index (χ1v) is 12.0. The molecule has 9 nitrogen and oxygen atoms in total. The molecule has 1 unspecified atom stereocenters. The monoisotopic (exact) mass is 452 g/mol. The lowest BCUT2D eigenvalue weighted by Gasteiger charge is -2.31. The Morgan fingerprint density at radius 1 is 1.10 bits per heavy atom. The first-order chi connectivity index (χ1) is 14.5. The highest BCUT2D eigenvalue weighted by molar-refractivity contribution is 7.89. The minimum atomic E-state index is -3.64. The van der Waals surface area contributed by atoms with Gasteiger partial charge in [0.05, 0.1) is 4.90 Å². The van der Waals surface area contributed by atoms with E-state index in [2.05, 4.69) is 10.2 Å². The van der Waals surface area contributed by atoms with Gasteiger partial charge in [0, 0.05) is 38.4 Å². The van der Waals surface area contributed by atoms with Crippen molar-refractivity contribution in [2.24, 2.45) is 0 Å². The number of sulfonamides is 1. The number of ether oxygens (including phenoxy) is 1. The molecule has 1 atom stereocenters. The molecule has 172 valence electrons. The number of amides is 2. The predicted octanol–water partition coefficient (Wildman–Crippen LogP) is 1.96. The van der Waals surface area contributed by atoms with Crippen LogP contribution in [0.4, 0.5) is 10.5 Å². The van der Waals surface area contributed by atoms with Gasteiger partial charge in [-0.15, -0.1) is 0 Å². The Balaban J connectivity index is 1.70. The summed E-state index contributed by atoms with van der Waals surface area (Å²) in [6.07, 6.45) is 0.719. The zero-order valence-electron chi connectivity index (χ0n) is 18.6. The molecule has 2 amide bonds. The second-order valence-electron chi connectivity index (χ2n) is 9.06. The van der Waals surface area contributed by atoms with E-state index in [9.17, 15) is 18.0 Å². The number of anilines is 1. The standard InChI is InChI=1S/C21H32N4O5S/c1-21(2,3)30-20(27)25-10-6-9-18(25)19(26)22-16-7-5-8-17(15-16)31(28,29)24-13-11-23(4)12-14-24/h5,7-8,15,18H,6,9-14H2,1-4H3,(H,22,26). The smallest absolute Gasteiger partial charge is 0.410 e. The van der Waals surface area contributed by atoms with Crippen molar-refractivity contribution < 1.29 is 22.7 Å². The van der Waals surface area contributed by atoms with E-state index in [0.717, 1.165) is 0 Å². The highest BCUT2D eigenvalue weighted by atomic mass is 32.2. The maximum atomic E-state index is 13.0.